The van der Waals surface area contributed by atoms with E-state index in [1.807, 2.05) is 0 Å². The van der Waals surface area contributed by atoms with Crippen LogP contribution in [0.4, 0.5) is 13.2 Å². The minimum Gasteiger partial charge on any atom is -0.366 e. The van der Waals surface area contributed by atoms with Crippen molar-refractivity contribution in [2.24, 2.45) is 0 Å². The van der Waals surface area contributed by atoms with Gasteiger partial charge in [-0.15, -0.1) is 0 Å². The summed E-state index contributed by atoms with van der Waals surface area (Å²) in [5.74, 6) is 0. The van der Waals surface area contributed by atoms with E-state index in [0.29, 0.717) is 6.42 Å². The normalized spacial score (nSPS) is 36.1. The zero-order chi connectivity index (χ0) is 8.06. The molecule has 0 aliphatic carbocycles. The number of hydrogen-bond acceptors (Lipinski definition) is 1. The number of rotatable bonds is 0. The SMILES string of the molecule is FC(F)(F)C1=C[C@H]2CC[C@@H]1O2. The molecule has 1 nitrogen and oxygen atoms in total. The average molecular weight is 164 g/mol. The van der Waals surface area contributed by atoms with Crippen molar-refractivity contribution in [1.29, 1.82) is 0 Å². The molecule has 2 aliphatic rings. The highest BCUT2D eigenvalue weighted by molar-refractivity contribution is 5.24. The number of fused-ring (bicyclic) bond motifs is 2. The summed E-state index contributed by atoms with van der Waals surface area (Å²) < 4.78 is 41.2. The van der Waals surface area contributed by atoms with Crippen LogP contribution in [0.25, 0.3) is 0 Å². The topological polar surface area (TPSA) is 9.23 Å². The fraction of sp³-hybridized carbons (Fsp3) is 0.714. The molecule has 0 aromatic heterocycles. The van der Waals surface area contributed by atoms with Gasteiger partial charge in [0.15, 0.2) is 0 Å². The van der Waals surface area contributed by atoms with Crippen LogP contribution in [0.3, 0.4) is 0 Å². The van der Waals surface area contributed by atoms with Gasteiger partial charge in [-0.2, -0.15) is 13.2 Å². The summed E-state index contributed by atoms with van der Waals surface area (Å²) in [4.78, 5) is 0. The minimum atomic E-state index is -4.18. The summed E-state index contributed by atoms with van der Waals surface area (Å²) in [6, 6.07) is 0. The molecule has 1 saturated heterocycles. The second kappa shape index (κ2) is 2.00. The van der Waals surface area contributed by atoms with E-state index in [2.05, 4.69) is 0 Å². The number of halogens is 3. The molecular weight excluding hydrogens is 157 g/mol. The Balaban J connectivity index is 2.23. The highest BCUT2D eigenvalue weighted by atomic mass is 19.4. The molecule has 0 aromatic rings. The Bertz CT molecular complexity index is 206. The lowest BCUT2D eigenvalue weighted by molar-refractivity contribution is -0.102. The molecule has 0 unspecified atom stereocenters. The van der Waals surface area contributed by atoms with E-state index in [1.165, 1.54) is 6.08 Å². The first-order valence-corrected chi connectivity index (χ1v) is 3.52. The Morgan fingerprint density at radius 2 is 2.09 bits per heavy atom. The van der Waals surface area contributed by atoms with Crippen LogP contribution in [0.2, 0.25) is 0 Å². The second-order valence-corrected chi connectivity index (χ2v) is 2.86. The monoisotopic (exact) mass is 164 g/mol. The molecule has 0 spiro atoms. The molecule has 2 atom stereocenters. The molecule has 2 heterocycles. The van der Waals surface area contributed by atoms with Gasteiger partial charge < -0.3 is 4.74 Å². The molecule has 1 fully saturated rings. The average Bonchev–Trinajstić information content (AvgIpc) is 2.42. The number of hydrogen-bond donors (Lipinski definition) is 0. The maximum Gasteiger partial charge on any atom is 0.414 e. The molecule has 2 rings (SSSR count). The third-order valence-electron chi connectivity index (χ3n) is 2.09. The lowest BCUT2D eigenvalue weighted by atomic mass is 9.99. The summed E-state index contributed by atoms with van der Waals surface area (Å²) in [6.45, 7) is 0. The molecule has 0 N–H and O–H groups in total. The quantitative estimate of drug-likeness (QED) is 0.498. The predicted molar refractivity (Wildman–Crippen MR) is 32.0 cm³/mol. The zero-order valence-corrected chi connectivity index (χ0v) is 5.69. The first kappa shape index (κ1) is 7.16. The van der Waals surface area contributed by atoms with Crippen molar-refractivity contribution in [2.75, 3.05) is 0 Å². The Labute approximate surface area is 61.8 Å². The molecule has 0 amide bonds. The van der Waals surface area contributed by atoms with E-state index in [-0.39, 0.29) is 6.10 Å². The van der Waals surface area contributed by atoms with Gasteiger partial charge in [0, 0.05) is 0 Å². The standard InChI is InChI=1S/C7H7F3O/c8-7(9,10)5-3-4-1-2-6(5)11-4/h3-4,6H,1-2H2/t4-,6+/m1/s1. The third kappa shape index (κ3) is 1.05. The summed E-state index contributed by atoms with van der Waals surface area (Å²) in [5, 5.41) is 0. The summed E-state index contributed by atoms with van der Waals surface area (Å²) >= 11 is 0. The van der Waals surface area contributed by atoms with Gasteiger partial charge in [-0.1, -0.05) is 0 Å². The Morgan fingerprint density at radius 1 is 1.36 bits per heavy atom. The molecule has 0 radical (unpaired) electrons. The lowest BCUT2D eigenvalue weighted by Gasteiger charge is -2.13. The molecule has 11 heavy (non-hydrogen) atoms. The number of alkyl halides is 3. The Kier molecular flexibility index (Phi) is 1.30. The highest BCUT2D eigenvalue weighted by Crippen LogP contribution is 2.41. The van der Waals surface area contributed by atoms with E-state index in [1.54, 1.807) is 0 Å². The van der Waals surface area contributed by atoms with E-state index >= 15 is 0 Å². The fourth-order valence-electron chi connectivity index (χ4n) is 1.60. The van der Waals surface area contributed by atoms with Crippen LogP contribution < -0.4 is 0 Å². The van der Waals surface area contributed by atoms with E-state index in [4.69, 9.17) is 4.74 Å². The molecule has 0 saturated carbocycles. The van der Waals surface area contributed by atoms with Crippen molar-refractivity contribution in [3.8, 4) is 0 Å². The fourth-order valence-corrected chi connectivity index (χ4v) is 1.60. The van der Waals surface area contributed by atoms with E-state index < -0.39 is 17.9 Å². The predicted octanol–water partition coefficient (Wildman–Crippen LogP) is 2.04. The Morgan fingerprint density at radius 3 is 2.36 bits per heavy atom. The maximum atomic E-state index is 12.1. The van der Waals surface area contributed by atoms with Crippen LogP contribution in [-0.2, 0) is 4.74 Å². The van der Waals surface area contributed by atoms with Crippen LogP contribution in [0.5, 0.6) is 0 Å². The van der Waals surface area contributed by atoms with Crippen molar-refractivity contribution < 1.29 is 17.9 Å². The second-order valence-electron chi connectivity index (χ2n) is 2.86. The lowest BCUT2D eigenvalue weighted by Crippen LogP contribution is -2.21. The molecule has 2 bridgehead atoms. The van der Waals surface area contributed by atoms with Crippen molar-refractivity contribution >= 4 is 0 Å². The van der Waals surface area contributed by atoms with Crippen molar-refractivity contribution in [3.05, 3.63) is 11.6 Å². The summed E-state index contributed by atoms with van der Waals surface area (Å²) in [7, 11) is 0. The van der Waals surface area contributed by atoms with Gasteiger partial charge in [-0.25, -0.2) is 0 Å². The summed E-state index contributed by atoms with van der Waals surface area (Å²) in [5.41, 5.74) is -0.478. The van der Waals surface area contributed by atoms with E-state index in [0.717, 1.165) is 6.42 Å². The first-order valence-electron chi connectivity index (χ1n) is 3.52. The van der Waals surface area contributed by atoms with Gasteiger partial charge in [0.05, 0.1) is 17.8 Å². The molecule has 2 aliphatic heterocycles. The van der Waals surface area contributed by atoms with Gasteiger partial charge in [-0.05, 0) is 18.9 Å². The zero-order valence-electron chi connectivity index (χ0n) is 5.69. The third-order valence-corrected chi connectivity index (χ3v) is 2.09. The van der Waals surface area contributed by atoms with Crippen LogP contribution >= 0.6 is 0 Å². The van der Waals surface area contributed by atoms with Crippen LogP contribution in [0.15, 0.2) is 11.6 Å². The van der Waals surface area contributed by atoms with Crippen molar-refractivity contribution in [2.45, 2.75) is 31.2 Å². The molecule has 4 heteroatoms. The van der Waals surface area contributed by atoms with Crippen LogP contribution in [-0.4, -0.2) is 18.4 Å². The largest absolute Gasteiger partial charge is 0.414 e. The summed E-state index contributed by atoms with van der Waals surface area (Å²) in [6.07, 6.45) is -2.65. The minimum absolute atomic E-state index is 0.267. The Hall–Kier alpha value is -0.510. The van der Waals surface area contributed by atoms with Crippen LogP contribution in [0, 0.1) is 0 Å². The van der Waals surface area contributed by atoms with Gasteiger partial charge in [0.1, 0.15) is 0 Å². The first-order chi connectivity index (χ1) is 5.07. The van der Waals surface area contributed by atoms with Gasteiger partial charge in [-0.3, -0.25) is 0 Å². The maximum absolute atomic E-state index is 12.1. The van der Waals surface area contributed by atoms with Gasteiger partial charge >= 0.3 is 6.18 Å². The smallest absolute Gasteiger partial charge is 0.366 e. The molecular formula is C7H7F3O. The molecule has 0 aromatic carbocycles. The van der Waals surface area contributed by atoms with Crippen molar-refractivity contribution in [3.63, 3.8) is 0 Å². The van der Waals surface area contributed by atoms with Gasteiger partial charge in [0.2, 0.25) is 0 Å². The highest BCUT2D eigenvalue weighted by Gasteiger charge is 2.46. The van der Waals surface area contributed by atoms with E-state index in [9.17, 15) is 13.2 Å². The van der Waals surface area contributed by atoms with Crippen LogP contribution in [0.1, 0.15) is 12.8 Å². The van der Waals surface area contributed by atoms with Gasteiger partial charge in [0.25, 0.3) is 0 Å². The molecule has 62 valence electrons. The van der Waals surface area contributed by atoms with Crippen molar-refractivity contribution in [1.82, 2.24) is 0 Å². The number of ether oxygens (including phenoxy) is 1.